The zero-order chi connectivity index (χ0) is 11.9. The highest BCUT2D eigenvalue weighted by molar-refractivity contribution is 7.90. The number of benzene rings is 1. The Morgan fingerprint density at radius 2 is 1.88 bits per heavy atom. The number of sulfone groups is 1. The quantitative estimate of drug-likeness (QED) is 0.815. The van der Waals surface area contributed by atoms with Gasteiger partial charge in [-0.05, 0) is 6.07 Å². The summed E-state index contributed by atoms with van der Waals surface area (Å²) in [6.45, 7) is -0.0401. The predicted octanol–water partition coefficient (Wildman–Crippen LogP) is 0.517. The van der Waals surface area contributed by atoms with E-state index in [2.05, 4.69) is 0 Å². The van der Waals surface area contributed by atoms with Crippen molar-refractivity contribution in [2.45, 2.75) is 4.90 Å². The molecule has 86 valence electrons. The molecule has 0 saturated heterocycles. The van der Waals surface area contributed by atoms with Crippen molar-refractivity contribution >= 4 is 15.8 Å². The van der Waals surface area contributed by atoms with Crippen molar-refractivity contribution in [1.82, 2.24) is 0 Å². The second-order valence-corrected chi connectivity index (χ2v) is 5.26. The van der Waals surface area contributed by atoms with Crippen LogP contribution in [0.15, 0.2) is 17.0 Å². The smallest absolute Gasteiger partial charge is 0.337 e. The molecule has 0 saturated carbocycles. The number of rotatable bonds is 2. The van der Waals surface area contributed by atoms with Gasteiger partial charge in [0.15, 0.2) is 21.3 Å². The van der Waals surface area contributed by atoms with Gasteiger partial charge in [0, 0.05) is 12.3 Å². The van der Waals surface area contributed by atoms with Gasteiger partial charge in [0.2, 0.25) is 6.79 Å². The van der Waals surface area contributed by atoms with Gasteiger partial charge in [-0.15, -0.1) is 0 Å². The third kappa shape index (κ3) is 1.69. The maximum absolute atomic E-state index is 11.4. The first-order chi connectivity index (χ1) is 7.39. The lowest BCUT2D eigenvalue weighted by atomic mass is 10.2. The molecular formula is C9H8O6S. The van der Waals surface area contributed by atoms with E-state index < -0.39 is 15.8 Å². The van der Waals surface area contributed by atoms with E-state index in [9.17, 15) is 13.2 Å². The van der Waals surface area contributed by atoms with Crippen molar-refractivity contribution in [3.63, 3.8) is 0 Å². The number of carboxylic acids is 1. The van der Waals surface area contributed by atoms with Gasteiger partial charge in [0.05, 0.1) is 10.5 Å². The lowest BCUT2D eigenvalue weighted by molar-refractivity contribution is 0.0692. The molecule has 1 aliphatic rings. The number of carboxylic acid groups (broad SMARTS) is 1. The minimum Gasteiger partial charge on any atom is -0.478 e. The second kappa shape index (κ2) is 3.38. The monoisotopic (exact) mass is 244 g/mol. The van der Waals surface area contributed by atoms with Crippen molar-refractivity contribution in [2.75, 3.05) is 13.0 Å². The normalized spacial score (nSPS) is 13.8. The number of fused-ring (bicyclic) bond motifs is 1. The molecule has 1 aliphatic heterocycles. The van der Waals surface area contributed by atoms with Crippen LogP contribution >= 0.6 is 0 Å². The summed E-state index contributed by atoms with van der Waals surface area (Å²) >= 11 is 0. The standard InChI is InChI=1S/C9H8O6S/c1-16(12,13)8-3-7-6(14-4-15-7)2-5(8)9(10)11/h2-3H,4H2,1H3,(H,10,11). The van der Waals surface area contributed by atoms with E-state index >= 15 is 0 Å². The second-order valence-electron chi connectivity index (χ2n) is 3.28. The molecule has 1 aromatic carbocycles. The van der Waals surface area contributed by atoms with Crippen LogP contribution in [0.2, 0.25) is 0 Å². The molecule has 0 atom stereocenters. The van der Waals surface area contributed by atoms with Crippen LogP contribution in [0.25, 0.3) is 0 Å². The average Bonchev–Trinajstić information content (AvgIpc) is 2.60. The minimum atomic E-state index is -3.62. The first-order valence-corrected chi connectivity index (χ1v) is 6.16. The lowest BCUT2D eigenvalue weighted by Gasteiger charge is -2.05. The number of hydrogen-bond acceptors (Lipinski definition) is 5. The summed E-state index contributed by atoms with van der Waals surface area (Å²) in [5.74, 6) is -0.839. The summed E-state index contributed by atoms with van der Waals surface area (Å²) in [5, 5.41) is 8.90. The van der Waals surface area contributed by atoms with Crippen LogP contribution in [-0.2, 0) is 9.84 Å². The van der Waals surface area contributed by atoms with E-state index in [1.807, 2.05) is 0 Å². The van der Waals surface area contributed by atoms with E-state index in [4.69, 9.17) is 14.6 Å². The maximum atomic E-state index is 11.4. The van der Waals surface area contributed by atoms with Crippen LogP contribution in [0.1, 0.15) is 10.4 Å². The van der Waals surface area contributed by atoms with Crippen LogP contribution in [0.4, 0.5) is 0 Å². The molecule has 16 heavy (non-hydrogen) atoms. The summed E-state index contributed by atoms with van der Waals surface area (Å²) in [6, 6.07) is 2.32. The summed E-state index contributed by atoms with van der Waals surface area (Å²) < 4.78 is 32.8. The van der Waals surface area contributed by atoms with Crippen LogP contribution < -0.4 is 9.47 Å². The molecule has 0 unspecified atom stereocenters. The maximum Gasteiger partial charge on any atom is 0.337 e. The molecule has 0 bridgehead atoms. The van der Waals surface area contributed by atoms with Gasteiger partial charge in [0.25, 0.3) is 0 Å². The highest BCUT2D eigenvalue weighted by atomic mass is 32.2. The molecule has 2 rings (SSSR count). The molecule has 0 aliphatic carbocycles. The molecule has 1 aromatic rings. The van der Waals surface area contributed by atoms with Gasteiger partial charge in [-0.25, -0.2) is 13.2 Å². The van der Waals surface area contributed by atoms with E-state index in [-0.39, 0.29) is 28.8 Å². The first-order valence-electron chi connectivity index (χ1n) is 4.26. The summed E-state index contributed by atoms with van der Waals surface area (Å²) in [6.07, 6.45) is 0.941. The van der Waals surface area contributed by atoms with Crippen molar-refractivity contribution < 1.29 is 27.8 Å². The molecule has 0 aromatic heterocycles. The van der Waals surface area contributed by atoms with Crippen molar-refractivity contribution in [1.29, 1.82) is 0 Å². The van der Waals surface area contributed by atoms with E-state index in [1.165, 1.54) is 6.07 Å². The Labute approximate surface area is 91.3 Å². The van der Waals surface area contributed by atoms with E-state index in [1.54, 1.807) is 0 Å². The van der Waals surface area contributed by atoms with Gasteiger partial charge in [-0.1, -0.05) is 0 Å². The Balaban J connectivity index is 2.72. The zero-order valence-electron chi connectivity index (χ0n) is 8.26. The van der Waals surface area contributed by atoms with Crippen LogP contribution in [0.5, 0.6) is 11.5 Å². The fourth-order valence-electron chi connectivity index (χ4n) is 1.40. The molecule has 7 heteroatoms. The Morgan fingerprint density at radius 1 is 1.31 bits per heavy atom. The number of ether oxygens (including phenoxy) is 2. The highest BCUT2D eigenvalue weighted by Gasteiger charge is 2.25. The lowest BCUT2D eigenvalue weighted by Crippen LogP contribution is -2.07. The fourth-order valence-corrected chi connectivity index (χ4v) is 2.26. The first kappa shape index (κ1) is 10.7. The van der Waals surface area contributed by atoms with Crippen molar-refractivity contribution in [2.24, 2.45) is 0 Å². The van der Waals surface area contributed by atoms with Gasteiger partial charge in [-0.3, -0.25) is 0 Å². The van der Waals surface area contributed by atoms with E-state index in [0.717, 1.165) is 12.3 Å². The van der Waals surface area contributed by atoms with Gasteiger partial charge in [0.1, 0.15) is 0 Å². The number of carbonyl (C=O) groups is 1. The van der Waals surface area contributed by atoms with Crippen molar-refractivity contribution in [3.05, 3.63) is 17.7 Å². The topological polar surface area (TPSA) is 89.9 Å². The predicted molar refractivity (Wildman–Crippen MR) is 52.6 cm³/mol. The summed E-state index contributed by atoms with van der Waals surface area (Å²) in [5.41, 5.74) is -0.313. The average molecular weight is 244 g/mol. The molecule has 0 spiro atoms. The Bertz CT molecular complexity index is 560. The number of hydrogen-bond donors (Lipinski definition) is 1. The van der Waals surface area contributed by atoms with Crippen LogP contribution in [-0.4, -0.2) is 32.5 Å². The third-order valence-electron chi connectivity index (χ3n) is 2.10. The molecule has 6 nitrogen and oxygen atoms in total. The Morgan fingerprint density at radius 3 is 2.38 bits per heavy atom. The van der Waals surface area contributed by atoms with Crippen LogP contribution in [0, 0.1) is 0 Å². The summed E-state index contributed by atoms with van der Waals surface area (Å²) in [7, 11) is -3.62. The van der Waals surface area contributed by atoms with Gasteiger partial charge >= 0.3 is 5.97 Å². The highest BCUT2D eigenvalue weighted by Crippen LogP contribution is 2.36. The minimum absolute atomic E-state index is 0.0401. The summed E-state index contributed by atoms with van der Waals surface area (Å²) in [4.78, 5) is 10.6. The molecule has 0 fully saturated rings. The molecular weight excluding hydrogens is 236 g/mol. The van der Waals surface area contributed by atoms with Gasteiger partial charge < -0.3 is 14.6 Å². The Kier molecular flexibility index (Phi) is 2.27. The third-order valence-corrected chi connectivity index (χ3v) is 3.24. The molecule has 0 radical (unpaired) electrons. The number of aromatic carboxylic acids is 1. The molecule has 1 N–H and O–H groups in total. The largest absolute Gasteiger partial charge is 0.478 e. The van der Waals surface area contributed by atoms with Crippen LogP contribution in [0.3, 0.4) is 0 Å². The molecule has 0 amide bonds. The van der Waals surface area contributed by atoms with Gasteiger partial charge in [-0.2, -0.15) is 0 Å². The van der Waals surface area contributed by atoms with Crippen molar-refractivity contribution in [3.8, 4) is 11.5 Å². The Hall–Kier alpha value is -1.76. The van der Waals surface area contributed by atoms with E-state index in [0.29, 0.717) is 0 Å². The SMILES string of the molecule is CS(=O)(=O)c1cc2c(cc1C(=O)O)OCO2. The zero-order valence-corrected chi connectivity index (χ0v) is 9.08. The molecule has 1 heterocycles. The fraction of sp³-hybridized carbons (Fsp3) is 0.222.